The first kappa shape index (κ1) is 11.4. The smallest absolute Gasteiger partial charge is 0.0584 e. The fourth-order valence-corrected chi connectivity index (χ4v) is 2.15. The first-order valence-electron chi connectivity index (χ1n) is 5.97. The Morgan fingerprint density at radius 2 is 2.00 bits per heavy atom. The molecule has 0 fully saturated rings. The van der Waals surface area contributed by atoms with Gasteiger partial charge in [-0.2, -0.15) is 0 Å². The molecule has 1 aliphatic rings. The second kappa shape index (κ2) is 5.83. The van der Waals surface area contributed by atoms with E-state index in [1.54, 1.807) is 0 Å². The van der Waals surface area contributed by atoms with E-state index in [4.69, 9.17) is 0 Å². The number of aliphatic hydroxyl groups is 1. The molecule has 2 heteroatoms. The van der Waals surface area contributed by atoms with E-state index in [2.05, 4.69) is 41.7 Å². The van der Waals surface area contributed by atoms with Gasteiger partial charge in [0, 0.05) is 12.1 Å². The van der Waals surface area contributed by atoms with Crippen LogP contribution in [0.5, 0.6) is 0 Å². The zero-order valence-corrected chi connectivity index (χ0v) is 9.47. The predicted molar refractivity (Wildman–Crippen MR) is 66.2 cm³/mol. The van der Waals surface area contributed by atoms with E-state index in [1.165, 1.54) is 5.56 Å². The fraction of sp³-hybridized carbons (Fsp3) is 0.429. The van der Waals surface area contributed by atoms with Gasteiger partial charge in [0.1, 0.15) is 0 Å². The van der Waals surface area contributed by atoms with Crippen LogP contribution in [0.15, 0.2) is 42.5 Å². The fourth-order valence-electron chi connectivity index (χ4n) is 2.15. The van der Waals surface area contributed by atoms with Crippen molar-refractivity contribution >= 4 is 0 Å². The zero-order valence-electron chi connectivity index (χ0n) is 9.47. The molecule has 0 saturated heterocycles. The summed E-state index contributed by atoms with van der Waals surface area (Å²) in [5.74, 6) is 0. The molecule has 1 aromatic carbocycles. The number of rotatable bonds is 2. The van der Waals surface area contributed by atoms with E-state index in [0.29, 0.717) is 6.04 Å². The molecule has 0 aromatic heterocycles. The van der Waals surface area contributed by atoms with Crippen LogP contribution in [-0.2, 0) is 0 Å². The summed E-state index contributed by atoms with van der Waals surface area (Å²) in [5, 5.41) is 12.8. The highest BCUT2D eigenvalue weighted by atomic mass is 16.3. The van der Waals surface area contributed by atoms with Crippen LogP contribution in [0, 0.1) is 0 Å². The molecule has 2 nitrogen and oxygen atoms in total. The summed E-state index contributed by atoms with van der Waals surface area (Å²) in [7, 11) is 0. The Morgan fingerprint density at radius 3 is 2.75 bits per heavy atom. The highest BCUT2D eigenvalue weighted by Crippen LogP contribution is 2.20. The summed E-state index contributed by atoms with van der Waals surface area (Å²) in [6.07, 6.45) is 7.52. The summed E-state index contributed by atoms with van der Waals surface area (Å²) >= 11 is 0. The third kappa shape index (κ3) is 2.94. The van der Waals surface area contributed by atoms with Gasteiger partial charge in [0.2, 0.25) is 0 Å². The molecule has 0 amide bonds. The monoisotopic (exact) mass is 217 g/mol. The van der Waals surface area contributed by atoms with Gasteiger partial charge in [-0.05, 0) is 24.8 Å². The third-order valence-electron chi connectivity index (χ3n) is 3.08. The molecule has 1 aromatic rings. The lowest BCUT2D eigenvalue weighted by molar-refractivity contribution is 0.223. The van der Waals surface area contributed by atoms with Crippen LogP contribution in [0.25, 0.3) is 0 Å². The van der Waals surface area contributed by atoms with E-state index in [1.807, 2.05) is 6.07 Å². The van der Waals surface area contributed by atoms with Crippen molar-refractivity contribution in [3.05, 3.63) is 48.0 Å². The highest BCUT2D eigenvalue weighted by molar-refractivity contribution is 5.20. The largest absolute Gasteiger partial charge is 0.395 e. The molecule has 0 radical (unpaired) electrons. The maximum atomic E-state index is 9.29. The molecule has 2 N–H and O–H groups in total. The maximum Gasteiger partial charge on any atom is 0.0584 e. The lowest BCUT2D eigenvalue weighted by Gasteiger charge is -2.25. The second-order valence-electron chi connectivity index (χ2n) is 4.29. The van der Waals surface area contributed by atoms with E-state index in [9.17, 15) is 5.11 Å². The highest BCUT2D eigenvalue weighted by Gasteiger charge is 2.16. The molecule has 0 unspecified atom stereocenters. The minimum absolute atomic E-state index is 0.218. The summed E-state index contributed by atoms with van der Waals surface area (Å²) < 4.78 is 0. The van der Waals surface area contributed by atoms with Crippen molar-refractivity contribution in [3.63, 3.8) is 0 Å². The van der Waals surface area contributed by atoms with Crippen molar-refractivity contribution in [3.8, 4) is 0 Å². The second-order valence-corrected chi connectivity index (χ2v) is 4.29. The van der Waals surface area contributed by atoms with Gasteiger partial charge < -0.3 is 10.4 Å². The number of aliphatic hydroxyl groups excluding tert-OH is 1. The Bertz CT molecular complexity index is 334. The van der Waals surface area contributed by atoms with Crippen molar-refractivity contribution in [2.24, 2.45) is 0 Å². The van der Waals surface area contributed by atoms with Gasteiger partial charge in [-0.1, -0.05) is 42.5 Å². The van der Waals surface area contributed by atoms with Gasteiger partial charge in [0.15, 0.2) is 0 Å². The van der Waals surface area contributed by atoms with Crippen LogP contribution >= 0.6 is 0 Å². The minimum atomic E-state index is 0.218. The molecule has 2 atom stereocenters. The maximum absolute atomic E-state index is 9.29. The first-order valence-corrected chi connectivity index (χ1v) is 5.97. The molecule has 0 saturated carbocycles. The van der Waals surface area contributed by atoms with Gasteiger partial charge in [-0.15, -0.1) is 0 Å². The average molecular weight is 217 g/mol. The van der Waals surface area contributed by atoms with Gasteiger partial charge >= 0.3 is 0 Å². The zero-order chi connectivity index (χ0) is 11.2. The van der Waals surface area contributed by atoms with Crippen LogP contribution in [-0.4, -0.2) is 17.8 Å². The van der Waals surface area contributed by atoms with Crippen molar-refractivity contribution in [1.29, 1.82) is 0 Å². The first-order chi connectivity index (χ1) is 7.90. The van der Waals surface area contributed by atoms with Crippen LogP contribution in [0.1, 0.15) is 30.9 Å². The molecular weight excluding hydrogens is 198 g/mol. The molecule has 2 rings (SSSR count). The van der Waals surface area contributed by atoms with E-state index >= 15 is 0 Å². The average Bonchev–Trinajstić information content (AvgIpc) is 2.30. The van der Waals surface area contributed by atoms with E-state index in [-0.39, 0.29) is 12.6 Å². The summed E-state index contributed by atoms with van der Waals surface area (Å²) in [4.78, 5) is 0. The van der Waals surface area contributed by atoms with Crippen molar-refractivity contribution < 1.29 is 5.11 Å². The molecule has 0 spiro atoms. The summed E-state index contributed by atoms with van der Waals surface area (Å²) in [5.41, 5.74) is 1.30. The quantitative estimate of drug-likeness (QED) is 0.746. The van der Waals surface area contributed by atoms with Crippen LogP contribution in [0.2, 0.25) is 0 Å². The number of hydrogen-bond acceptors (Lipinski definition) is 2. The van der Waals surface area contributed by atoms with Gasteiger partial charge in [-0.3, -0.25) is 0 Å². The van der Waals surface area contributed by atoms with Crippen LogP contribution < -0.4 is 5.32 Å². The van der Waals surface area contributed by atoms with E-state index < -0.39 is 0 Å². The number of benzene rings is 1. The molecule has 1 aliphatic heterocycles. The van der Waals surface area contributed by atoms with Crippen LogP contribution in [0.3, 0.4) is 0 Å². The Kier molecular flexibility index (Phi) is 4.14. The predicted octanol–water partition coefficient (Wildman–Crippen LogP) is 2.42. The number of hydrogen-bond donors (Lipinski definition) is 2. The molecule has 0 aliphatic carbocycles. The van der Waals surface area contributed by atoms with Crippen molar-refractivity contribution in [2.45, 2.75) is 31.3 Å². The normalized spacial score (nSPS) is 28.1. The molecule has 86 valence electrons. The third-order valence-corrected chi connectivity index (χ3v) is 3.08. The summed E-state index contributed by atoms with van der Waals surface area (Å²) in [6.45, 7) is 0.219. The van der Waals surface area contributed by atoms with Gasteiger partial charge in [-0.25, -0.2) is 0 Å². The van der Waals surface area contributed by atoms with E-state index in [0.717, 1.165) is 19.3 Å². The minimum Gasteiger partial charge on any atom is -0.395 e. The summed E-state index contributed by atoms with van der Waals surface area (Å²) in [6, 6.07) is 11.0. The number of nitrogens with one attached hydrogen (secondary N) is 1. The van der Waals surface area contributed by atoms with Crippen LogP contribution in [0.4, 0.5) is 0 Å². The van der Waals surface area contributed by atoms with Gasteiger partial charge in [0.25, 0.3) is 0 Å². The number of allylic oxidation sites excluding steroid dienone is 1. The van der Waals surface area contributed by atoms with Crippen molar-refractivity contribution in [1.82, 2.24) is 5.32 Å². The van der Waals surface area contributed by atoms with Gasteiger partial charge in [0.05, 0.1) is 6.61 Å². The lowest BCUT2D eigenvalue weighted by Crippen LogP contribution is -2.36. The standard InChI is InChI=1S/C14H19NO/c16-11-13-9-5-2-6-10-14(15-13)12-7-3-1-4-8-12/h1-4,6-8,13-16H,5,9-11H2/b6-2-/t13-,14-/m1/s1. The lowest BCUT2D eigenvalue weighted by atomic mass is 9.99. The Balaban J connectivity index is 2.12. The SMILES string of the molecule is OC[C@H]1CC/C=C\C[C@H](c2ccccc2)N1. The Labute approximate surface area is 97.0 Å². The molecule has 16 heavy (non-hydrogen) atoms. The van der Waals surface area contributed by atoms with Crippen molar-refractivity contribution in [2.75, 3.05) is 6.61 Å². The Hall–Kier alpha value is -1.12. The molecular formula is C14H19NO. The molecule has 1 heterocycles. The topological polar surface area (TPSA) is 32.3 Å². The molecule has 0 bridgehead atoms. The Morgan fingerprint density at radius 1 is 1.19 bits per heavy atom.